The summed E-state index contributed by atoms with van der Waals surface area (Å²) in [5.74, 6) is -0.991. The third-order valence-electron chi connectivity index (χ3n) is 3.34. The Balaban J connectivity index is 2.02. The number of nitriles is 1. The Bertz CT molecular complexity index is 742. The van der Waals surface area contributed by atoms with Crippen molar-refractivity contribution in [2.45, 2.75) is 19.3 Å². The van der Waals surface area contributed by atoms with E-state index in [0.29, 0.717) is 23.9 Å². The lowest BCUT2D eigenvalue weighted by molar-refractivity contribution is -0.137. The maximum absolute atomic E-state index is 14.0. The van der Waals surface area contributed by atoms with Crippen LogP contribution in [0.4, 0.5) is 17.6 Å². The molecule has 3 rings (SSSR count). The molecule has 1 aromatic carbocycles. The van der Waals surface area contributed by atoms with Crippen molar-refractivity contribution in [3.63, 3.8) is 0 Å². The average molecular weight is 296 g/mol. The Morgan fingerprint density at radius 1 is 1.29 bits per heavy atom. The largest absolute Gasteiger partial charge is 0.416 e. The molecule has 2 heterocycles. The number of aromatic nitrogens is 2. The zero-order chi connectivity index (χ0) is 15.2. The van der Waals surface area contributed by atoms with Crippen LogP contribution < -0.4 is 0 Å². The summed E-state index contributed by atoms with van der Waals surface area (Å²) in [6.07, 6.45) is -2.63. The second-order valence-corrected chi connectivity index (χ2v) is 4.68. The van der Waals surface area contributed by atoms with E-state index in [0.717, 1.165) is 12.1 Å². The van der Waals surface area contributed by atoms with Crippen molar-refractivity contribution in [1.29, 1.82) is 5.26 Å². The zero-order valence-corrected chi connectivity index (χ0v) is 10.5. The molecule has 4 nitrogen and oxygen atoms in total. The molecule has 0 fully saturated rings. The van der Waals surface area contributed by atoms with Gasteiger partial charge in [-0.15, -0.1) is 0 Å². The standard InChI is InChI=1S/C13H8F4N4/c14-10-3-7(13(15,16)17)1-2-8(10)12-9-4-21(6-18)5-11(9)19-20-12/h1-3H,4-5H2,(H,19,20). The first kappa shape index (κ1) is 13.4. The molecule has 21 heavy (non-hydrogen) atoms. The predicted octanol–water partition coefficient (Wildman–Crippen LogP) is 3.03. The Labute approximate surface area is 116 Å². The van der Waals surface area contributed by atoms with Gasteiger partial charge in [-0.25, -0.2) is 4.39 Å². The molecule has 1 aliphatic rings. The van der Waals surface area contributed by atoms with Crippen LogP contribution >= 0.6 is 0 Å². The summed E-state index contributed by atoms with van der Waals surface area (Å²) in [7, 11) is 0. The van der Waals surface area contributed by atoms with Gasteiger partial charge in [-0.3, -0.25) is 5.10 Å². The SMILES string of the molecule is N#CN1Cc2[nH]nc(-c3ccc(C(F)(F)F)cc3F)c2C1. The molecule has 0 atom stereocenters. The highest BCUT2D eigenvalue weighted by atomic mass is 19.4. The lowest BCUT2D eigenvalue weighted by Gasteiger charge is -2.09. The van der Waals surface area contributed by atoms with E-state index in [-0.39, 0.29) is 17.8 Å². The van der Waals surface area contributed by atoms with Crippen LogP contribution in [0.1, 0.15) is 16.8 Å². The fourth-order valence-electron chi connectivity index (χ4n) is 2.32. The molecule has 108 valence electrons. The second-order valence-electron chi connectivity index (χ2n) is 4.68. The first-order chi connectivity index (χ1) is 9.90. The van der Waals surface area contributed by atoms with Gasteiger partial charge in [-0.1, -0.05) is 0 Å². The summed E-state index contributed by atoms with van der Waals surface area (Å²) < 4.78 is 51.5. The van der Waals surface area contributed by atoms with Crippen LogP contribution in [-0.4, -0.2) is 15.1 Å². The number of nitrogens with zero attached hydrogens (tertiary/aromatic N) is 3. The van der Waals surface area contributed by atoms with E-state index in [1.54, 1.807) is 0 Å². The Morgan fingerprint density at radius 3 is 2.67 bits per heavy atom. The van der Waals surface area contributed by atoms with Gasteiger partial charge in [0.25, 0.3) is 0 Å². The maximum Gasteiger partial charge on any atom is 0.416 e. The quantitative estimate of drug-likeness (QED) is 0.650. The van der Waals surface area contributed by atoms with Crippen molar-refractivity contribution in [2.75, 3.05) is 0 Å². The third-order valence-corrected chi connectivity index (χ3v) is 3.34. The van der Waals surface area contributed by atoms with E-state index in [9.17, 15) is 17.6 Å². The molecular weight excluding hydrogens is 288 g/mol. The molecule has 0 aliphatic carbocycles. The van der Waals surface area contributed by atoms with E-state index >= 15 is 0 Å². The highest BCUT2D eigenvalue weighted by molar-refractivity contribution is 5.66. The summed E-state index contributed by atoms with van der Waals surface area (Å²) in [5.41, 5.74) is 0.491. The van der Waals surface area contributed by atoms with Crippen molar-refractivity contribution in [2.24, 2.45) is 0 Å². The number of benzene rings is 1. The number of hydrogen-bond acceptors (Lipinski definition) is 3. The van der Waals surface area contributed by atoms with Gasteiger partial charge in [-0.05, 0) is 18.2 Å². The highest BCUT2D eigenvalue weighted by Crippen LogP contribution is 2.35. The molecule has 0 radical (unpaired) electrons. The minimum absolute atomic E-state index is 0.0136. The molecule has 0 saturated heterocycles. The van der Waals surface area contributed by atoms with E-state index in [4.69, 9.17) is 5.26 Å². The van der Waals surface area contributed by atoms with E-state index in [2.05, 4.69) is 10.2 Å². The van der Waals surface area contributed by atoms with Crippen LogP contribution in [0.5, 0.6) is 0 Å². The Morgan fingerprint density at radius 2 is 2.05 bits per heavy atom. The number of halogens is 4. The van der Waals surface area contributed by atoms with Crippen LogP contribution in [0.25, 0.3) is 11.3 Å². The number of alkyl halides is 3. The van der Waals surface area contributed by atoms with Gasteiger partial charge in [0.15, 0.2) is 6.19 Å². The van der Waals surface area contributed by atoms with Gasteiger partial charge in [0.1, 0.15) is 11.5 Å². The van der Waals surface area contributed by atoms with Crippen molar-refractivity contribution in [1.82, 2.24) is 15.1 Å². The number of rotatable bonds is 1. The van der Waals surface area contributed by atoms with Crippen LogP contribution in [-0.2, 0) is 19.3 Å². The average Bonchev–Trinajstić information content (AvgIpc) is 2.97. The van der Waals surface area contributed by atoms with Crippen molar-refractivity contribution >= 4 is 0 Å². The number of fused-ring (bicyclic) bond motifs is 1. The monoisotopic (exact) mass is 296 g/mol. The summed E-state index contributed by atoms with van der Waals surface area (Å²) >= 11 is 0. The van der Waals surface area contributed by atoms with Gasteiger partial charge in [-0.2, -0.15) is 23.5 Å². The van der Waals surface area contributed by atoms with Crippen molar-refractivity contribution in [3.05, 3.63) is 40.8 Å². The van der Waals surface area contributed by atoms with E-state index < -0.39 is 17.6 Å². The molecule has 8 heteroatoms. The van der Waals surface area contributed by atoms with Crippen LogP contribution in [0.3, 0.4) is 0 Å². The van der Waals surface area contributed by atoms with Gasteiger partial charge < -0.3 is 4.90 Å². The van der Waals surface area contributed by atoms with E-state index in [1.807, 2.05) is 6.19 Å². The molecule has 0 spiro atoms. The lowest BCUT2D eigenvalue weighted by atomic mass is 10.0. The third kappa shape index (κ3) is 2.20. The first-order valence-electron chi connectivity index (χ1n) is 5.98. The molecule has 1 aliphatic heterocycles. The Kier molecular flexibility index (Phi) is 2.86. The first-order valence-corrected chi connectivity index (χ1v) is 5.98. The van der Waals surface area contributed by atoms with Crippen LogP contribution in [0.15, 0.2) is 18.2 Å². The molecule has 1 aromatic heterocycles. The second kappa shape index (κ2) is 4.48. The molecule has 0 saturated carbocycles. The number of aromatic amines is 1. The minimum Gasteiger partial charge on any atom is -0.300 e. The van der Waals surface area contributed by atoms with Crippen molar-refractivity contribution in [3.8, 4) is 17.5 Å². The smallest absolute Gasteiger partial charge is 0.300 e. The van der Waals surface area contributed by atoms with Gasteiger partial charge >= 0.3 is 6.18 Å². The van der Waals surface area contributed by atoms with E-state index in [1.165, 1.54) is 4.90 Å². The molecule has 0 amide bonds. The van der Waals surface area contributed by atoms with Crippen molar-refractivity contribution < 1.29 is 17.6 Å². The summed E-state index contributed by atoms with van der Waals surface area (Å²) in [4.78, 5) is 1.44. The molecule has 0 bridgehead atoms. The summed E-state index contributed by atoms with van der Waals surface area (Å²) in [6.45, 7) is 0.596. The minimum atomic E-state index is -4.59. The predicted molar refractivity (Wildman–Crippen MR) is 63.8 cm³/mol. The fourth-order valence-corrected chi connectivity index (χ4v) is 2.32. The molecule has 2 aromatic rings. The summed E-state index contributed by atoms with van der Waals surface area (Å²) in [5, 5.41) is 15.5. The summed E-state index contributed by atoms with van der Waals surface area (Å²) in [6, 6.07) is 2.33. The highest BCUT2D eigenvalue weighted by Gasteiger charge is 2.32. The zero-order valence-electron chi connectivity index (χ0n) is 10.5. The number of nitrogens with one attached hydrogen (secondary N) is 1. The van der Waals surface area contributed by atoms with Gasteiger partial charge in [0, 0.05) is 11.1 Å². The van der Waals surface area contributed by atoms with Crippen LogP contribution in [0.2, 0.25) is 0 Å². The maximum atomic E-state index is 14.0. The van der Waals surface area contributed by atoms with Gasteiger partial charge in [0.2, 0.25) is 0 Å². The molecule has 0 unspecified atom stereocenters. The number of hydrogen-bond donors (Lipinski definition) is 1. The fraction of sp³-hybridized carbons (Fsp3) is 0.231. The topological polar surface area (TPSA) is 55.7 Å². The van der Waals surface area contributed by atoms with Crippen LogP contribution in [0, 0.1) is 17.3 Å². The number of H-pyrrole nitrogens is 1. The normalized spacial score (nSPS) is 14.1. The molecule has 1 N–H and O–H groups in total. The molecular formula is C13H8F4N4. The Hall–Kier alpha value is -2.56. The van der Waals surface area contributed by atoms with Gasteiger partial charge in [0.05, 0.1) is 24.3 Å². The lowest BCUT2D eigenvalue weighted by Crippen LogP contribution is -2.09.